The molecule has 0 spiro atoms. The second-order valence-electron chi connectivity index (χ2n) is 20.8. The summed E-state index contributed by atoms with van der Waals surface area (Å²) < 4.78 is 0. The summed E-state index contributed by atoms with van der Waals surface area (Å²) in [7, 11) is 0. The van der Waals surface area contributed by atoms with E-state index >= 15 is 0 Å². The Hall–Kier alpha value is -10.3. The van der Waals surface area contributed by atoms with Crippen molar-refractivity contribution in [3.05, 3.63) is 321 Å². The molecule has 2 nitrogen and oxygen atoms in total. The highest BCUT2D eigenvalue weighted by molar-refractivity contribution is 6.21. The highest BCUT2D eigenvalue weighted by atomic mass is 15.1. The smallest absolute Gasteiger partial charge is 0.0468 e. The van der Waals surface area contributed by atoms with Gasteiger partial charge in [-0.05, 0) is 191 Å². The summed E-state index contributed by atoms with van der Waals surface area (Å²) in [5.41, 5.74) is 21.1. The van der Waals surface area contributed by atoms with Crippen LogP contribution in [0.4, 0.5) is 34.1 Å². The molecule has 0 aliphatic heterocycles. The van der Waals surface area contributed by atoms with Crippen molar-refractivity contribution in [2.75, 3.05) is 9.80 Å². The molecule has 1 aliphatic carbocycles. The molecule has 378 valence electrons. The Labute approximate surface area is 468 Å². The van der Waals surface area contributed by atoms with Crippen LogP contribution < -0.4 is 9.80 Å². The fourth-order valence-electron chi connectivity index (χ4n) is 11.9. The Morgan fingerprint density at radius 1 is 0.237 bits per heavy atom. The van der Waals surface area contributed by atoms with E-state index in [0.29, 0.717) is 0 Å². The lowest BCUT2D eigenvalue weighted by atomic mass is 9.83. The van der Waals surface area contributed by atoms with E-state index < -0.39 is 0 Å². The molecule has 13 aromatic carbocycles. The Morgan fingerprint density at radius 3 is 0.975 bits per heavy atom. The van der Waals surface area contributed by atoms with Crippen LogP contribution in [0.5, 0.6) is 0 Å². The van der Waals surface area contributed by atoms with E-state index in [4.69, 9.17) is 0 Å². The van der Waals surface area contributed by atoms with Gasteiger partial charge in [0.15, 0.2) is 0 Å². The van der Waals surface area contributed by atoms with Gasteiger partial charge in [-0.3, -0.25) is 0 Å². The van der Waals surface area contributed by atoms with Gasteiger partial charge >= 0.3 is 0 Å². The lowest BCUT2D eigenvalue weighted by Crippen LogP contribution is -2.11. The van der Waals surface area contributed by atoms with E-state index in [2.05, 4.69) is 325 Å². The van der Waals surface area contributed by atoms with Crippen molar-refractivity contribution in [1.29, 1.82) is 0 Å². The summed E-state index contributed by atoms with van der Waals surface area (Å²) >= 11 is 0. The van der Waals surface area contributed by atoms with Crippen LogP contribution in [-0.4, -0.2) is 0 Å². The van der Waals surface area contributed by atoms with Crippen LogP contribution in [0.3, 0.4) is 0 Å². The van der Waals surface area contributed by atoms with Gasteiger partial charge < -0.3 is 9.80 Å². The van der Waals surface area contributed by atoms with Crippen molar-refractivity contribution >= 4 is 72.0 Å². The predicted octanol–water partition coefficient (Wildman–Crippen LogP) is 22.2. The molecule has 2 heteroatoms. The first-order chi connectivity index (χ1) is 39.7. The molecule has 0 heterocycles. The van der Waals surface area contributed by atoms with Crippen LogP contribution in [0.2, 0.25) is 0 Å². The van der Waals surface area contributed by atoms with Gasteiger partial charge in [0.25, 0.3) is 0 Å². The third-order valence-corrected chi connectivity index (χ3v) is 15.9. The van der Waals surface area contributed by atoms with Gasteiger partial charge in [-0.1, -0.05) is 237 Å². The molecule has 0 bridgehead atoms. The maximum Gasteiger partial charge on any atom is 0.0468 e. The molecule has 0 N–H and O–H groups in total. The molecule has 0 saturated carbocycles. The lowest BCUT2D eigenvalue weighted by molar-refractivity contribution is 1.06. The normalized spacial score (nSPS) is 12.2. The van der Waals surface area contributed by atoms with E-state index in [9.17, 15) is 0 Å². The zero-order chi connectivity index (χ0) is 53.2. The van der Waals surface area contributed by atoms with Crippen LogP contribution in [-0.2, 0) is 0 Å². The van der Waals surface area contributed by atoms with Gasteiger partial charge in [0.2, 0.25) is 0 Å². The third kappa shape index (κ3) is 9.33. The first kappa shape index (κ1) is 48.1. The van der Waals surface area contributed by atoms with Crippen LogP contribution in [0.1, 0.15) is 18.4 Å². The number of hydrogen-bond acceptors (Lipinski definition) is 2. The molecule has 0 amide bonds. The fraction of sp³-hybridized carbons (Fsp3) is 0.0256. The Bertz CT molecular complexity index is 4230. The number of hydrogen-bond donors (Lipinski definition) is 0. The Kier molecular flexibility index (Phi) is 12.8. The highest BCUT2D eigenvalue weighted by Crippen LogP contribution is 2.49. The monoisotopic (exact) mass is 1020 g/mol. The maximum absolute atomic E-state index is 2.47. The number of benzene rings is 13. The van der Waals surface area contributed by atoms with Crippen molar-refractivity contribution in [2.24, 2.45) is 0 Å². The number of rotatable bonds is 12. The molecular formula is C78H56N2. The first-order valence-corrected chi connectivity index (χ1v) is 27.8. The zero-order valence-electron chi connectivity index (χ0n) is 44.3. The number of allylic oxidation sites excluding steroid dienone is 4. The molecule has 1 aliphatic rings. The van der Waals surface area contributed by atoms with Crippen LogP contribution in [0.25, 0.3) is 93.5 Å². The molecule has 0 aromatic heterocycles. The van der Waals surface area contributed by atoms with Crippen molar-refractivity contribution in [1.82, 2.24) is 0 Å². The fourth-order valence-corrected chi connectivity index (χ4v) is 11.9. The standard InChI is InChI=1S/C78H56N2/c1-6-18-55(19-7-1)60-32-40-67(41-33-60)79(68-42-34-61(35-43-68)56-20-8-2-9-21-56)71-49-51-74-75(53-71)77(64-27-14-5-15-28-64)73-50-48-72(54-76(73)78(74)66-31-30-59-26-16-17-29-65(59)52-66)80(69-44-36-62(37-45-69)57-22-10-3-11-23-57)70-46-38-63(39-47-70)58-24-12-4-13-25-58/h1-14,16-27,29-54H,15,28H2. The van der Waals surface area contributed by atoms with Crippen LogP contribution in [0, 0.1) is 0 Å². The minimum atomic E-state index is 0.946. The number of anilines is 6. The zero-order valence-corrected chi connectivity index (χ0v) is 44.3. The SMILES string of the molecule is C1=CCCC(c2c3cc(N(c4ccc(-c5ccccc5)cc4)c4ccc(-c5ccccc5)cc4)ccc3c(-c3ccc4ccccc4c3)c3cc(N(c4ccc(-c5ccccc5)cc4)c4ccc(-c5ccccc5)cc4)ccc23)=C1. The van der Waals surface area contributed by atoms with Gasteiger partial charge in [0.05, 0.1) is 0 Å². The minimum absolute atomic E-state index is 0.946. The molecule has 0 saturated heterocycles. The largest absolute Gasteiger partial charge is 0.310 e. The van der Waals surface area contributed by atoms with Crippen molar-refractivity contribution < 1.29 is 0 Å². The molecule has 13 aromatic rings. The van der Waals surface area contributed by atoms with Crippen LogP contribution >= 0.6 is 0 Å². The summed E-state index contributed by atoms with van der Waals surface area (Å²) in [4.78, 5) is 4.85. The Balaban J connectivity index is 0.998. The van der Waals surface area contributed by atoms with E-state index in [-0.39, 0.29) is 0 Å². The van der Waals surface area contributed by atoms with E-state index in [1.54, 1.807) is 0 Å². The van der Waals surface area contributed by atoms with Crippen LogP contribution in [0.15, 0.2) is 315 Å². The quantitative estimate of drug-likeness (QED) is 0.113. The maximum atomic E-state index is 2.47. The Morgan fingerprint density at radius 2 is 0.575 bits per heavy atom. The molecule has 0 unspecified atom stereocenters. The summed E-state index contributed by atoms with van der Waals surface area (Å²) in [6.45, 7) is 0. The second kappa shape index (κ2) is 21.3. The number of fused-ring (bicyclic) bond motifs is 3. The summed E-state index contributed by atoms with van der Waals surface area (Å²) in [6, 6.07) is 109. The molecule has 0 atom stereocenters. The molecule has 0 radical (unpaired) electrons. The average molecular weight is 1020 g/mol. The molecule has 0 fully saturated rings. The molecule has 80 heavy (non-hydrogen) atoms. The minimum Gasteiger partial charge on any atom is -0.310 e. The highest BCUT2D eigenvalue weighted by Gasteiger charge is 2.24. The van der Waals surface area contributed by atoms with Gasteiger partial charge in [0.1, 0.15) is 0 Å². The first-order valence-electron chi connectivity index (χ1n) is 27.8. The van der Waals surface area contributed by atoms with Gasteiger partial charge in [-0.2, -0.15) is 0 Å². The van der Waals surface area contributed by atoms with Gasteiger partial charge in [-0.25, -0.2) is 0 Å². The molecular weight excluding hydrogens is 965 g/mol. The van der Waals surface area contributed by atoms with Crippen molar-refractivity contribution in [2.45, 2.75) is 12.8 Å². The van der Waals surface area contributed by atoms with E-state index in [1.165, 1.54) is 99.1 Å². The van der Waals surface area contributed by atoms with Gasteiger partial charge in [0, 0.05) is 34.1 Å². The summed E-state index contributed by atoms with van der Waals surface area (Å²) in [5, 5.41) is 7.31. The van der Waals surface area contributed by atoms with Crippen molar-refractivity contribution in [3.8, 4) is 55.6 Å². The summed E-state index contributed by atoms with van der Waals surface area (Å²) in [5.74, 6) is 0. The van der Waals surface area contributed by atoms with E-state index in [0.717, 1.165) is 47.0 Å². The average Bonchev–Trinajstić information content (AvgIpc) is 3.68. The topological polar surface area (TPSA) is 6.48 Å². The predicted molar refractivity (Wildman–Crippen MR) is 342 cm³/mol. The summed E-state index contributed by atoms with van der Waals surface area (Å²) in [6.07, 6.45) is 8.83. The second-order valence-corrected chi connectivity index (χ2v) is 20.8. The van der Waals surface area contributed by atoms with Crippen molar-refractivity contribution in [3.63, 3.8) is 0 Å². The molecule has 14 rings (SSSR count). The van der Waals surface area contributed by atoms with E-state index in [1.807, 2.05) is 0 Å². The van der Waals surface area contributed by atoms with Gasteiger partial charge in [-0.15, -0.1) is 0 Å². The number of nitrogens with zero attached hydrogens (tertiary/aromatic N) is 2. The third-order valence-electron chi connectivity index (χ3n) is 15.9. The lowest BCUT2D eigenvalue weighted by Gasteiger charge is -2.29.